The number of piperazine rings is 1. The number of nitrogens with zero attached hydrogens (tertiary/aromatic N) is 7. The zero-order valence-corrected chi connectivity index (χ0v) is 23.2. The number of nitrogens with one attached hydrogen (secondary N) is 2. The molecule has 2 aliphatic rings. The molecule has 1 amide bonds. The number of hydrogen-bond donors (Lipinski definition) is 2. The summed E-state index contributed by atoms with van der Waals surface area (Å²) >= 11 is 3.54. The van der Waals surface area contributed by atoms with Gasteiger partial charge in [0.2, 0.25) is 0 Å². The number of hydroxylamine groups is 2. The monoisotopic (exact) mass is 571 g/mol. The van der Waals surface area contributed by atoms with Gasteiger partial charge in [-0.15, -0.1) is 0 Å². The number of likely N-dealkylation sites (tertiary alicyclic amines) is 1. The Labute approximate surface area is 225 Å². The van der Waals surface area contributed by atoms with Gasteiger partial charge in [0.05, 0.1) is 12.5 Å². The molecule has 12 heteroatoms. The first-order valence-electron chi connectivity index (χ1n) is 12.7. The van der Waals surface area contributed by atoms with Crippen LogP contribution in [0.25, 0.3) is 11.0 Å². The van der Waals surface area contributed by atoms with Gasteiger partial charge in [0.15, 0.2) is 5.65 Å². The van der Waals surface area contributed by atoms with E-state index in [1.54, 1.807) is 13.4 Å². The van der Waals surface area contributed by atoms with E-state index in [0.29, 0.717) is 11.2 Å². The van der Waals surface area contributed by atoms with Gasteiger partial charge in [0.1, 0.15) is 16.7 Å². The van der Waals surface area contributed by atoms with Crippen molar-refractivity contribution in [2.24, 2.45) is 0 Å². The quantitative estimate of drug-likeness (QED) is 0.395. The van der Waals surface area contributed by atoms with Crippen LogP contribution in [0.1, 0.15) is 28.8 Å². The second-order valence-corrected chi connectivity index (χ2v) is 10.3. The maximum Gasteiger partial charge on any atom is 0.277 e. The summed E-state index contributed by atoms with van der Waals surface area (Å²) in [7, 11) is 3.14. The Morgan fingerprint density at radius 3 is 2.59 bits per heavy atom. The van der Waals surface area contributed by atoms with E-state index in [0.717, 1.165) is 72.0 Å². The molecule has 0 unspecified atom stereocenters. The number of halogens is 1. The smallest absolute Gasteiger partial charge is 0.277 e. The van der Waals surface area contributed by atoms with Crippen LogP contribution in [-0.2, 0) is 4.84 Å². The SMILES string of the molecule is CON(C)C(=O)c1cc(NCCN2CCCC2)c(C)c(N2CCN(c3ncnc4n[nH]c(Br)c34)CC2)c1. The first kappa shape index (κ1) is 25.7. The number of aromatic amines is 1. The molecule has 2 saturated heterocycles. The van der Waals surface area contributed by atoms with Crippen molar-refractivity contribution in [2.75, 3.05) is 81.6 Å². The summed E-state index contributed by atoms with van der Waals surface area (Å²) < 4.78 is 0.787. The number of fused-ring (bicyclic) bond motifs is 1. The number of aromatic nitrogens is 4. The molecule has 3 aromatic rings. The second-order valence-electron chi connectivity index (χ2n) is 9.54. The molecule has 0 bridgehead atoms. The van der Waals surface area contributed by atoms with Crippen molar-refractivity contribution >= 4 is 50.1 Å². The third-order valence-electron chi connectivity index (χ3n) is 7.34. The molecule has 0 aliphatic carbocycles. The van der Waals surface area contributed by atoms with Crippen LogP contribution < -0.4 is 15.1 Å². The molecule has 0 radical (unpaired) electrons. The molecule has 1 aromatic carbocycles. The standard InChI is InChI=1S/C25H34BrN9O2/c1-17-19(27-6-9-33-7-4-5-8-33)14-18(25(36)32(2)37-3)15-20(17)34-10-12-35(13-11-34)24-21-22(26)30-31-23(21)28-16-29-24/h14-16,27H,4-13H2,1-3H3,(H,28,29,30,31). The van der Waals surface area contributed by atoms with Crippen molar-refractivity contribution in [3.05, 3.63) is 34.2 Å². The summed E-state index contributed by atoms with van der Waals surface area (Å²) in [4.78, 5) is 34.1. The van der Waals surface area contributed by atoms with Crippen LogP contribution in [0.2, 0.25) is 0 Å². The average molecular weight is 573 g/mol. The number of H-pyrrole nitrogens is 1. The van der Waals surface area contributed by atoms with Gasteiger partial charge in [0, 0.05) is 63.3 Å². The van der Waals surface area contributed by atoms with Crippen LogP contribution in [0, 0.1) is 6.92 Å². The lowest BCUT2D eigenvalue weighted by molar-refractivity contribution is -0.0756. The van der Waals surface area contributed by atoms with Gasteiger partial charge in [-0.3, -0.25) is 14.7 Å². The largest absolute Gasteiger partial charge is 0.383 e. The van der Waals surface area contributed by atoms with E-state index in [1.165, 1.54) is 38.1 Å². The fourth-order valence-corrected chi connectivity index (χ4v) is 5.60. The molecule has 0 saturated carbocycles. The lowest BCUT2D eigenvalue weighted by atomic mass is 10.0. The van der Waals surface area contributed by atoms with E-state index >= 15 is 0 Å². The molecular formula is C25H34BrN9O2. The second kappa shape index (κ2) is 11.2. The van der Waals surface area contributed by atoms with Gasteiger partial charge in [0.25, 0.3) is 5.91 Å². The minimum atomic E-state index is -0.168. The van der Waals surface area contributed by atoms with E-state index in [1.807, 2.05) is 12.1 Å². The average Bonchev–Trinajstić information content (AvgIpc) is 3.59. The summed E-state index contributed by atoms with van der Waals surface area (Å²) in [5.74, 6) is 0.704. The number of anilines is 3. The number of carbonyl (C=O) groups is 1. The molecule has 2 aliphatic heterocycles. The van der Waals surface area contributed by atoms with Gasteiger partial charge in [-0.2, -0.15) is 5.10 Å². The van der Waals surface area contributed by atoms with Crippen molar-refractivity contribution < 1.29 is 9.63 Å². The highest BCUT2D eigenvalue weighted by Gasteiger charge is 2.25. The Hall–Kier alpha value is -2.96. The van der Waals surface area contributed by atoms with Crippen LogP contribution >= 0.6 is 15.9 Å². The molecule has 5 rings (SSSR count). The third kappa shape index (κ3) is 5.36. The first-order valence-corrected chi connectivity index (χ1v) is 13.5. The van der Waals surface area contributed by atoms with E-state index in [9.17, 15) is 4.79 Å². The van der Waals surface area contributed by atoms with Gasteiger partial charge >= 0.3 is 0 Å². The van der Waals surface area contributed by atoms with E-state index < -0.39 is 0 Å². The van der Waals surface area contributed by atoms with Crippen LogP contribution in [0.15, 0.2) is 23.1 Å². The summed E-state index contributed by atoms with van der Waals surface area (Å²) in [5, 5.41) is 12.9. The zero-order chi connectivity index (χ0) is 25.9. The van der Waals surface area contributed by atoms with Crippen molar-refractivity contribution in [3.8, 4) is 0 Å². The number of carbonyl (C=O) groups excluding carboxylic acids is 1. The van der Waals surface area contributed by atoms with E-state index in [-0.39, 0.29) is 5.91 Å². The fourth-order valence-electron chi connectivity index (χ4n) is 5.16. The van der Waals surface area contributed by atoms with E-state index in [4.69, 9.17) is 4.84 Å². The van der Waals surface area contributed by atoms with Crippen LogP contribution in [0.5, 0.6) is 0 Å². The molecule has 4 heterocycles. The molecule has 0 spiro atoms. The number of benzene rings is 1. The minimum absolute atomic E-state index is 0.168. The predicted octanol–water partition coefficient (Wildman–Crippen LogP) is 2.89. The topological polar surface area (TPSA) is 106 Å². The normalized spacial score (nSPS) is 16.5. The Bertz CT molecular complexity index is 1250. The highest BCUT2D eigenvalue weighted by atomic mass is 79.9. The highest BCUT2D eigenvalue weighted by molar-refractivity contribution is 9.10. The Morgan fingerprint density at radius 1 is 1.14 bits per heavy atom. The molecule has 11 nitrogen and oxygen atoms in total. The lowest BCUT2D eigenvalue weighted by Crippen LogP contribution is -2.47. The molecule has 2 fully saturated rings. The molecule has 198 valence electrons. The summed E-state index contributed by atoms with van der Waals surface area (Å²) in [5.41, 5.74) is 4.46. The highest BCUT2D eigenvalue weighted by Crippen LogP contribution is 2.33. The molecule has 37 heavy (non-hydrogen) atoms. The first-order chi connectivity index (χ1) is 18.0. The molecule has 2 aromatic heterocycles. The van der Waals surface area contributed by atoms with Gasteiger partial charge in [-0.1, -0.05) is 0 Å². The maximum absolute atomic E-state index is 13.0. The fraction of sp³-hybridized carbons (Fsp3) is 0.520. The summed E-state index contributed by atoms with van der Waals surface area (Å²) in [6.45, 7) is 9.48. The zero-order valence-electron chi connectivity index (χ0n) is 21.6. The van der Waals surface area contributed by atoms with Gasteiger partial charge in [-0.25, -0.2) is 15.0 Å². The van der Waals surface area contributed by atoms with Gasteiger partial charge < -0.3 is 20.0 Å². The third-order valence-corrected chi connectivity index (χ3v) is 7.91. The van der Waals surface area contributed by atoms with Crippen molar-refractivity contribution in [1.82, 2.24) is 30.1 Å². The Balaban J connectivity index is 1.36. The van der Waals surface area contributed by atoms with Crippen molar-refractivity contribution in [2.45, 2.75) is 19.8 Å². The van der Waals surface area contributed by atoms with E-state index in [2.05, 4.69) is 63.0 Å². The van der Waals surface area contributed by atoms with Crippen LogP contribution in [-0.4, -0.2) is 103 Å². The number of rotatable bonds is 8. The van der Waals surface area contributed by atoms with Crippen molar-refractivity contribution in [3.63, 3.8) is 0 Å². The Kier molecular flexibility index (Phi) is 7.77. The molecule has 0 atom stereocenters. The summed E-state index contributed by atoms with van der Waals surface area (Å²) in [6, 6.07) is 3.94. The summed E-state index contributed by atoms with van der Waals surface area (Å²) in [6.07, 6.45) is 4.12. The lowest BCUT2D eigenvalue weighted by Gasteiger charge is -2.38. The predicted molar refractivity (Wildman–Crippen MR) is 148 cm³/mol. The van der Waals surface area contributed by atoms with Gasteiger partial charge in [-0.05, 0) is 66.5 Å². The van der Waals surface area contributed by atoms with Crippen LogP contribution in [0.4, 0.5) is 17.2 Å². The van der Waals surface area contributed by atoms with Crippen molar-refractivity contribution in [1.29, 1.82) is 0 Å². The van der Waals surface area contributed by atoms with Crippen LogP contribution in [0.3, 0.4) is 0 Å². The number of amides is 1. The molecular weight excluding hydrogens is 538 g/mol. The number of hydrogen-bond acceptors (Lipinski definition) is 9. The Morgan fingerprint density at radius 2 is 1.86 bits per heavy atom. The molecule has 2 N–H and O–H groups in total. The maximum atomic E-state index is 13.0. The minimum Gasteiger partial charge on any atom is -0.383 e.